The lowest BCUT2D eigenvalue weighted by molar-refractivity contribution is -0.121. The Balaban J connectivity index is 1.57. The number of hydrogen-bond donors (Lipinski definition) is 2. The topological polar surface area (TPSA) is 53.6 Å². The highest BCUT2D eigenvalue weighted by Crippen LogP contribution is 2.16. The van der Waals surface area contributed by atoms with Gasteiger partial charge in [-0.1, -0.05) is 25.7 Å². The average Bonchev–Trinajstić information content (AvgIpc) is 2.67. The summed E-state index contributed by atoms with van der Waals surface area (Å²) in [7, 11) is 2.11. The van der Waals surface area contributed by atoms with Crippen molar-refractivity contribution in [2.45, 2.75) is 50.7 Å². The van der Waals surface area contributed by atoms with Gasteiger partial charge in [0.1, 0.15) is 0 Å². The monoisotopic (exact) mass is 283 g/mol. The molecule has 2 N–H and O–H groups in total. The van der Waals surface area contributed by atoms with E-state index in [1.165, 1.54) is 25.7 Å². The van der Waals surface area contributed by atoms with E-state index in [4.69, 9.17) is 4.74 Å². The Morgan fingerprint density at radius 1 is 1.25 bits per heavy atom. The number of carbonyl (C=O) groups is 1. The Morgan fingerprint density at radius 3 is 2.70 bits per heavy atom. The second kappa shape index (κ2) is 8.60. The van der Waals surface area contributed by atoms with Crippen LogP contribution >= 0.6 is 0 Å². The van der Waals surface area contributed by atoms with Gasteiger partial charge in [-0.05, 0) is 19.9 Å². The van der Waals surface area contributed by atoms with E-state index >= 15 is 0 Å². The van der Waals surface area contributed by atoms with E-state index in [1.54, 1.807) is 0 Å². The van der Waals surface area contributed by atoms with Gasteiger partial charge >= 0.3 is 0 Å². The maximum atomic E-state index is 11.9. The van der Waals surface area contributed by atoms with Crippen molar-refractivity contribution in [3.8, 4) is 0 Å². The van der Waals surface area contributed by atoms with Crippen LogP contribution in [0, 0.1) is 0 Å². The smallest absolute Gasteiger partial charge is 0.234 e. The number of morpholine rings is 1. The molecule has 0 aromatic heterocycles. The third-order valence-electron chi connectivity index (χ3n) is 4.22. The third kappa shape index (κ3) is 5.77. The first-order valence-corrected chi connectivity index (χ1v) is 8.04. The molecular weight excluding hydrogens is 254 g/mol. The quantitative estimate of drug-likeness (QED) is 0.731. The molecule has 0 bridgehead atoms. The molecule has 2 fully saturated rings. The molecular formula is C15H29N3O2. The lowest BCUT2D eigenvalue weighted by Crippen LogP contribution is -2.47. The van der Waals surface area contributed by atoms with Crippen LogP contribution in [-0.2, 0) is 9.53 Å². The Bertz CT molecular complexity index is 291. The fourth-order valence-electron chi connectivity index (χ4n) is 3.04. The summed E-state index contributed by atoms with van der Waals surface area (Å²) in [5, 5.41) is 6.37. The van der Waals surface area contributed by atoms with E-state index in [2.05, 4.69) is 22.6 Å². The lowest BCUT2D eigenvalue weighted by Gasteiger charge is -2.30. The number of ether oxygens (including phenoxy) is 1. The highest BCUT2D eigenvalue weighted by Gasteiger charge is 2.18. The number of nitrogens with zero attached hydrogens (tertiary/aromatic N) is 1. The van der Waals surface area contributed by atoms with E-state index in [0.29, 0.717) is 12.6 Å². The van der Waals surface area contributed by atoms with Gasteiger partial charge in [-0.25, -0.2) is 0 Å². The number of rotatable bonds is 5. The van der Waals surface area contributed by atoms with Crippen LogP contribution in [-0.4, -0.2) is 62.8 Å². The second-order valence-electron chi connectivity index (χ2n) is 6.14. The van der Waals surface area contributed by atoms with Gasteiger partial charge in [0.05, 0.1) is 19.3 Å². The fraction of sp³-hybridized carbons (Fsp3) is 0.933. The third-order valence-corrected chi connectivity index (χ3v) is 4.22. The summed E-state index contributed by atoms with van der Waals surface area (Å²) in [6, 6.07) is 0.392. The van der Waals surface area contributed by atoms with E-state index in [9.17, 15) is 4.79 Å². The van der Waals surface area contributed by atoms with Crippen LogP contribution < -0.4 is 10.6 Å². The molecule has 2 aliphatic rings. The molecule has 2 rings (SSSR count). The molecule has 1 heterocycles. The van der Waals surface area contributed by atoms with Crippen LogP contribution in [0.2, 0.25) is 0 Å². The van der Waals surface area contributed by atoms with Crippen molar-refractivity contribution in [1.29, 1.82) is 0 Å². The second-order valence-corrected chi connectivity index (χ2v) is 6.14. The van der Waals surface area contributed by atoms with Crippen molar-refractivity contribution >= 4 is 5.91 Å². The SMILES string of the molecule is CN1CCOC(CNCC(=O)NC2CCCCCC2)C1. The molecule has 5 nitrogen and oxygen atoms in total. The van der Waals surface area contributed by atoms with E-state index in [0.717, 1.165) is 39.1 Å². The van der Waals surface area contributed by atoms with Gasteiger partial charge in [0.25, 0.3) is 0 Å². The van der Waals surface area contributed by atoms with Crippen molar-refractivity contribution in [3.05, 3.63) is 0 Å². The minimum Gasteiger partial charge on any atom is -0.374 e. The minimum atomic E-state index is 0.126. The van der Waals surface area contributed by atoms with Gasteiger partial charge < -0.3 is 20.3 Å². The summed E-state index contributed by atoms with van der Waals surface area (Å²) in [4.78, 5) is 14.2. The molecule has 0 aromatic rings. The summed E-state index contributed by atoms with van der Waals surface area (Å²) < 4.78 is 5.66. The Labute approximate surface area is 122 Å². The van der Waals surface area contributed by atoms with Gasteiger partial charge in [-0.2, -0.15) is 0 Å². The molecule has 1 unspecified atom stereocenters. The fourth-order valence-corrected chi connectivity index (χ4v) is 3.04. The molecule has 1 atom stereocenters. The zero-order valence-electron chi connectivity index (χ0n) is 12.7. The minimum absolute atomic E-state index is 0.126. The lowest BCUT2D eigenvalue weighted by atomic mass is 10.1. The molecule has 1 saturated carbocycles. The molecule has 1 aliphatic heterocycles. The molecule has 20 heavy (non-hydrogen) atoms. The summed E-state index contributed by atoms with van der Waals surface area (Å²) >= 11 is 0. The van der Waals surface area contributed by atoms with Crippen molar-refractivity contribution in [3.63, 3.8) is 0 Å². The van der Waals surface area contributed by atoms with Gasteiger partial charge in [0, 0.05) is 25.7 Å². The largest absolute Gasteiger partial charge is 0.374 e. The molecule has 5 heteroatoms. The van der Waals surface area contributed by atoms with Crippen molar-refractivity contribution in [2.75, 3.05) is 39.8 Å². The highest BCUT2D eigenvalue weighted by atomic mass is 16.5. The van der Waals surface area contributed by atoms with Crippen LogP contribution in [0.25, 0.3) is 0 Å². The maximum Gasteiger partial charge on any atom is 0.234 e. The molecule has 1 amide bonds. The summed E-state index contributed by atoms with van der Waals surface area (Å²) in [6.07, 6.45) is 7.62. The standard InChI is InChI=1S/C15H29N3O2/c1-18-8-9-20-14(12-18)10-16-11-15(19)17-13-6-4-2-3-5-7-13/h13-14,16H,2-12H2,1H3,(H,17,19). The van der Waals surface area contributed by atoms with Crippen molar-refractivity contribution < 1.29 is 9.53 Å². The zero-order chi connectivity index (χ0) is 14.2. The predicted molar refractivity (Wildman–Crippen MR) is 79.7 cm³/mol. The van der Waals surface area contributed by atoms with Crippen LogP contribution in [0.3, 0.4) is 0 Å². The van der Waals surface area contributed by atoms with Gasteiger partial charge in [0.15, 0.2) is 0 Å². The molecule has 0 radical (unpaired) electrons. The van der Waals surface area contributed by atoms with Crippen LogP contribution in [0.1, 0.15) is 38.5 Å². The van der Waals surface area contributed by atoms with Gasteiger partial charge in [-0.3, -0.25) is 4.79 Å². The predicted octanol–water partition coefficient (Wildman–Crippen LogP) is 0.746. The average molecular weight is 283 g/mol. The molecule has 1 saturated heterocycles. The summed E-state index contributed by atoms with van der Waals surface area (Å²) in [6.45, 7) is 3.88. The van der Waals surface area contributed by atoms with Gasteiger partial charge in [-0.15, -0.1) is 0 Å². The summed E-state index contributed by atoms with van der Waals surface area (Å²) in [5.74, 6) is 0.126. The number of nitrogens with one attached hydrogen (secondary N) is 2. The van der Waals surface area contributed by atoms with E-state index in [-0.39, 0.29) is 12.0 Å². The van der Waals surface area contributed by atoms with Crippen LogP contribution in [0.5, 0.6) is 0 Å². The molecule has 1 aliphatic carbocycles. The van der Waals surface area contributed by atoms with Crippen molar-refractivity contribution in [2.24, 2.45) is 0 Å². The Kier molecular flexibility index (Phi) is 6.76. The first kappa shape index (κ1) is 15.7. The normalized spacial score (nSPS) is 26.1. The van der Waals surface area contributed by atoms with Crippen LogP contribution in [0.15, 0.2) is 0 Å². The Hall–Kier alpha value is -0.650. The first-order chi connectivity index (χ1) is 9.74. The molecule has 0 aromatic carbocycles. The summed E-state index contributed by atoms with van der Waals surface area (Å²) in [5.41, 5.74) is 0. The zero-order valence-corrected chi connectivity index (χ0v) is 12.7. The molecule has 0 spiro atoms. The molecule has 116 valence electrons. The first-order valence-electron chi connectivity index (χ1n) is 8.04. The Morgan fingerprint density at radius 2 is 2.00 bits per heavy atom. The van der Waals surface area contributed by atoms with E-state index < -0.39 is 0 Å². The van der Waals surface area contributed by atoms with Crippen molar-refractivity contribution in [1.82, 2.24) is 15.5 Å². The highest BCUT2D eigenvalue weighted by molar-refractivity contribution is 5.78. The number of carbonyl (C=O) groups excluding carboxylic acids is 1. The van der Waals surface area contributed by atoms with Gasteiger partial charge in [0.2, 0.25) is 5.91 Å². The number of likely N-dealkylation sites (N-methyl/N-ethyl adjacent to an activating group) is 1. The number of hydrogen-bond acceptors (Lipinski definition) is 4. The van der Waals surface area contributed by atoms with Crippen LogP contribution in [0.4, 0.5) is 0 Å². The van der Waals surface area contributed by atoms with E-state index in [1.807, 2.05) is 0 Å². The number of amides is 1. The maximum absolute atomic E-state index is 11.9.